The molecule has 118 valence electrons. The number of esters is 2. The molecule has 0 N–H and O–H groups in total. The predicted molar refractivity (Wildman–Crippen MR) is 89.2 cm³/mol. The van der Waals surface area contributed by atoms with Gasteiger partial charge in [0, 0.05) is 6.42 Å². The van der Waals surface area contributed by atoms with E-state index in [1.54, 1.807) is 0 Å². The van der Waals surface area contributed by atoms with Crippen LogP contribution in [0.15, 0.2) is 48.0 Å². The highest BCUT2D eigenvalue weighted by Gasteiger charge is 2.48. The van der Waals surface area contributed by atoms with Crippen LogP contribution in [0.1, 0.15) is 18.4 Å². The Morgan fingerprint density at radius 3 is 1.95 bits per heavy atom. The molecule has 22 heavy (non-hydrogen) atoms. The van der Waals surface area contributed by atoms with Gasteiger partial charge in [-0.2, -0.15) is 0 Å². The second-order valence-electron chi connectivity index (χ2n) is 4.91. The Kier molecular flexibility index (Phi) is 6.56. The SMILES string of the molecule is C=C(Br)CC(CC(=C)c1ccccc1)(C(=O)OC)C(=O)OC. The van der Waals surface area contributed by atoms with Gasteiger partial charge in [-0.15, -0.1) is 0 Å². The van der Waals surface area contributed by atoms with Crippen molar-refractivity contribution in [2.24, 2.45) is 5.41 Å². The third-order valence-corrected chi connectivity index (χ3v) is 3.62. The van der Waals surface area contributed by atoms with E-state index in [9.17, 15) is 9.59 Å². The van der Waals surface area contributed by atoms with Gasteiger partial charge in [-0.05, 0) is 22.0 Å². The van der Waals surface area contributed by atoms with Crippen LogP contribution in [0, 0.1) is 5.41 Å². The van der Waals surface area contributed by atoms with Gasteiger partial charge in [0.2, 0.25) is 0 Å². The molecule has 1 aromatic rings. The summed E-state index contributed by atoms with van der Waals surface area (Å²) in [6.07, 6.45) is 0.152. The average Bonchev–Trinajstić information content (AvgIpc) is 2.52. The molecule has 0 aliphatic rings. The van der Waals surface area contributed by atoms with Crippen molar-refractivity contribution in [1.82, 2.24) is 0 Å². The molecule has 0 saturated heterocycles. The topological polar surface area (TPSA) is 52.6 Å². The maximum absolute atomic E-state index is 12.3. The Morgan fingerprint density at radius 2 is 1.55 bits per heavy atom. The number of benzene rings is 1. The Balaban J connectivity index is 3.23. The lowest BCUT2D eigenvalue weighted by Crippen LogP contribution is -2.41. The fourth-order valence-corrected chi connectivity index (χ4v) is 2.77. The number of ether oxygens (including phenoxy) is 2. The van der Waals surface area contributed by atoms with Crippen LogP contribution in [-0.4, -0.2) is 26.2 Å². The zero-order chi connectivity index (χ0) is 16.8. The van der Waals surface area contributed by atoms with Crippen LogP contribution in [0.3, 0.4) is 0 Å². The Hall–Kier alpha value is -1.88. The summed E-state index contributed by atoms with van der Waals surface area (Å²) in [5.74, 6) is -1.34. The molecule has 0 radical (unpaired) electrons. The summed E-state index contributed by atoms with van der Waals surface area (Å²) in [4.78, 5) is 24.6. The molecule has 0 fully saturated rings. The zero-order valence-electron chi connectivity index (χ0n) is 12.7. The van der Waals surface area contributed by atoms with Crippen LogP contribution >= 0.6 is 15.9 Å². The lowest BCUT2D eigenvalue weighted by Gasteiger charge is -2.28. The summed E-state index contributed by atoms with van der Waals surface area (Å²) in [5, 5.41) is 0. The van der Waals surface area contributed by atoms with Gasteiger partial charge in [0.15, 0.2) is 5.41 Å². The first-order valence-corrected chi connectivity index (χ1v) is 7.40. The van der Waals surface area contributed by atoms with E-state index < -0.39 is 17.4 Å². The molecular weight excluding hydrogens is 348 g/mol. The van der Waals surface area contributed by atoms with Crippen molar-refractivity contribution < 1.29 is 19.1 Å². The van der Waals surface area contributed by atoms with E-state index in [1.165, 1.54) is 14.2 Å². The van der Waals surface area contributed by atoms with E-state index in [0.717, 1.165) is 5.56 Å². The lowest BCUT2D eigenvalue weighted by molar-refractivity contribution is -0.168. The fraction of sp³-hybridized carbons (Fsp3) is 0.294. The van der Waals surface area contributed by atoms with E-state index in [0.29, 0.717) is 10.1 Å². The number of halogens is 1. The van der Waals surface area contributed by atoms with Crippen molar-refractivity contribution in [3.05, 3.63) is 53.5 Å². The van der Waals surface area contributed by atoms with E-state index in [-0.39, 0.29) is 12.8 Å². The summed E-state index contributed by atoms with van der Waals surface area (Å²) in [7, 11) is 2.48. The first kappa shape index (κ1) is 18.2. The fourth-order valence-electron chi connectivity index (χ4n) is 2.29. The van der Waals surface area contributed by atoms with Crippen molar-refractivity contribution in [2.75, 3.05) is 14.2 Å². The molecule has 0 heterocycles. The molecule has 4 nitrogen and oxygen atoms in total. The zero-order valence-corrected chi connectivity index (χ0v) is 14.3. The molecule has 1 rings (SSSR count). The lowest BCUT2D eigenvalue weighted by atomic mass is 9.77. The molecule has 0 aromatic heterocycles. The predicted octanol–water partition coefficient (Wildman–Crippen LogP) is 3.72. The molecule has 5 heteroatoms. The summed E-state index contributed by atoms with van der Waals surface area (Å²) < 4.78 is 10.2. The normalized spacial score (nSPS) is 10.7. The Morgan fingerprint density at radius 1 is 1.05 bits per heavy atom. The van der Waals surface area contributed by atoms with Gasteiger partial charge in [-0.3, -0.25) is 9.59 Å². The van der Waals surface area contributed by atoms with Gasteiger partial charge in [0.1, 0.15) is 0 Å². The standard InChI is InChI=1S/C17H19BrO4/c1-12(14-8-6-5-7-9-14)10-17(11-13(2)18,15(19)21-3)16(20)22-4/h5-9H,1-2,10-11H2,3-4H3. The minimum Gasteiger partial charge on any atom is -0.468 e. The van der Waals surface area contributed by atoms with Crippen LogP contribution in [0.5, 0.6) is 0 Å². The van der Waals surface area contributed by atoms with Crippen LogP contribution in [0.25, 0.3) is 5.57 Å². The third kappa shape index (κ3) is 4.07. The number of hydrogen-bond donors (Lipinski definition) is 0. The Bertz CT molecular complexity index is 562. The highest BCUT2D eigenvalue weighted by Crippen LogP contribution is 2.39. The van der Waals surface area contributed by atoms with Crippen molar-refractivity contribution in [2.45, 2.75) is 12.8 Å². The van der Waals surface area contributed by atoms with Gasteiger partial charge in [0.25, 0.3) is 0 Å². The number of rotatable bonds is 7. The monoisotopic (exact) mass is 366 g/mol. The van der Waals surface area contributed by atoms with Gasteiger partial charge in [-0.1, -0.05) is 59.4 Å². The van der Waals surface area contributed by atoms with Gasteiger partial charge in [-0.25, -0.2) is 0 Å². The number of carbonyl (C=O) groups excluding carboxylic acids is 2. The number of hydrogen-bond acceptors (Lipinski definition) is 4. The summed E-state index contributed by atoms with van der Waals surface area (Å²) in [6, 6.07) is 9.34. The van der Waals surface area contributed by atoms with Gasteiger partial charge < -0.3 is 9.47 Å². The second-order valence-corrected chi connectivity index (χ2v) is 6.03. The van der Waals surface area contributed by atoms with Crippen LogP contribution in [-0.2, 0) is 19.1 Å². The van der Waals surface area contributed by atoms with Gasteiger partial charge in [0.05, 0.1) is 14.2 Å². The number of methoxy groups -OCH3 is 2. The van der Waals surface area contributed by atoms with Crippen LogP contribution in [0.2, 0.25) is 0 Å². The third-order valence-electron chi connectivity index (χ3n) is 3.34. The van der Waals surface area contributed by atoms with Crippen LogP contribution < -0.4 is 0 Å². The first-order chi connectivity index (χ1) is 10.4. The first-order valence-electron chi connectivity index (χ1n) is 6.60. The molecule has 0 atom stereocenters. The van der Waals surface area contributed by atoms with E-state index in [2.05, 4.69) is 29.1 Å². The summed E-state index contributed by atoms with van der Waals surface area (Å²) in [5.41, 5.74) is -0.0122. The largest absolute Gasteiger partial charge is 0.468 e. The maximum atomic E-state index is 12.3. The molecule has 0 aliphatic heterocycles. The minimum atomic E-state index is -1.50. The number of carbonyl (C=O) groups is 2. The molecule has 1 aromatic carbocycles. The molecule has 0 spiro atoms. The highest BCUT2D eigenvalue weighted by molar-refractivity contribution is 9.11. The van der Waals surface area contributed by atoms with Gasteiger partial charge >= 0.3 is 11.9 Å². The van der Waals surface area contributed by atoms with Crippen molar-refractivity contribution in [1.29, 1.82) is 0 Å². The summed E-state index contributed by atoms with van der Waals surface area (Å²) >= 11 is 3.21. The molecule has 0 saturated carbocycles. The summed E-state index contributed by atoms with van der Waals surface area (Å²) in [6.45, 7) is 7.71. The van der Waals surface area contributed by atoms with Crippen molar-refractivity contribution in [3.8, 4) is 0 Å². The van der Waals surface area contributed by atoms with Crippen LogP contribution in [0.4, 0.5) is 0 Å². The minimum absolute atomic E-state index is 0.0677. The molecule has 0 amide bonds. The van der Waals surface area contributed by atoms with E-state index in [1.807, 2.05) is 30.3 Å². The van der Waals surface area contributed by atoms with E-state index >= 15 is 0 Å². The highest BCUT2D eigenvalue weighted by atomic mass is 79.9. The second kappa shape index (κ2) is 7.94. The molecule has 0 bridgehead atoms. The number of allylic oxidation sites excluding steroid dienone is 2. The molecule has 0 unspecified atom stereocenters. The average molecular weight is 367 g/mol. The molecular formula is C17H19BrO4. The Labute approximate surface area is 138 Å². The smallest absolute Gasteiger partial charge is 0.323 e. The maximum Gasteiger partial charge on any atom is 0.323 e. The quantitative estimate of drug-likeness (QED) is 0.545. The van der Waals surface area contributed by atoms with Crippen molar-refractivity contribution in [3.63, 3.8) is 0 Å². The van der Waals surface area contributed by atoms with E-state index in [4.69, 9.17) is 9.47 Å². The molecule has 0 aliphatic carbocycles. The van der Waals surface area contributed by atoms with Crippen molar-refractivity contribution >= 4 is 33.4 Å².